The van der Waals surface area contributed by atoms with Gasteiger partial charge in [-0.25, -0.2) is 4.79 Å². The minimum absolute atomic E-state index is 0.219. The van der Waals surface area contributed by atoms with Crippen molar-refractivity contribution in [1.82, 2.24) is 20.9 Å². The summed E-state index contributed by atoms with van der Waals surface area (Å²) in [5.74, 6) is 0.681. The van der Waals surface area contributed by atoms with Crippen molar-refractivity contribution in [3.63, 3.8) is 0 Å². The maximum absolute atomic E-state index is 11.6. The van der Waals surface area contributed by atoms with Crippen LogP contribution in [0.3, 0.4) is 0 Å². The Balaban J connectivity index is 1.69. The molecule has 2 aromatic rings. The smallest absolute Gasteiger partial charge is 0.333 e. The van der Waals surface area contributed by atoms with Crippen LogP contribution in [0.5, 0.6) is 5.75 Å². The molecular formula is C14H17N5O2. The van der Waals surface area contributed by atoms with Crippen LogP contribution in [0.15, 0.2) is 36.4 Å². The lowest BCUT2D eigenvalue weighted by Gasteiger charge is -2.09. The van der Waals surface area contributed by atoms with Gasteiger partial charge in [0.25, 0.3) is 0 Å². The number of phenolic OH excluding ortho intramolecular Hbond substituents is 1. The van der Waals surface area contributed by atoms with Crippen LogP contribution < -0.4 is 16.2 Å². The number of carbonyl (C=O) groups is 1. The summed E-state index contributed by atoms with van der Waals surface area (Å²) in [4.78, 5) is 11.6. The molecular weight excluding hydrogens is 270 g/mol. The van der Waals surface area contributed by atoms with E-state index in [1.54, 1.807) is 30.3 Å². The molecule has 1 aromatic carbocycles. The molecule has 1 aromatic heterocycles. The summed E-state index contributed by atoms with van der Waals surface area (Å²) in [6.07, 6.45) is 0.631. The zero-order valence-corrected chi connectivity index (χ0v) is 11.6. The molecule has 0 spiro atoms. The SMILES string of the molecule is Cc1ccc(NNC(=O)NCCc2cccc(O)c2)nn1. The Kier molecular flexibility index (Phi) is 4.92. The van der Waals surface area contributed by atoms with E-state index in [-0.39, 0.29) is 11.8 Å². The lowest BCUT2D eigenvalue weighted by molar-refractivity contribution is 0.243. The minimum atomic E-state index is -0.363. The summed E-state index contributed by atoms with van der Waals surface area (Å²) < 4.78 is 0. The third kappa shape index (κ3) is 4.98. The quantitative estimate of drug-likeness (QED) is 0.622. The van der Waals surface area contributed by atoms with E-state index in [1.165, 1.54) is 0 Å². The fraction of sp³-hybridized carbons (Fsp3) is 0.214. The van der Waals surface area contributed by atoms with Crippen molar-refractivity contribution in [1.29, 1.82) is 0 Å². The van der Waals surface area contributed by atoms with Crippen molar-refractivity contribution in [2.45, 2.75) is 13.3 Å². The number of carbonyl (C=O) groups excluding carboxylic acids is 1. The molecule has 0 aliphatic carbocycles. The first kappa shape index (κ1) is 14.6. The van der Waals surface area contributed by atoms with Crippen molar-refractivity contribution in [2.24, 2.45) is 0 Å². The highest BCUT2D eigenvalue weighted by Crippen LogP contribution is 2.10. The average Bonchev–Trinajstić information content (AvgIpc) is 2.47. The highest BCUT2D eigenvalue weighted by Gasteiger charge is 2.01. The molecule has 0 bridgehead atoms. The minimum Gasteiger partial charge on any atom is -0.508 e. The van der Waals surface area contributed by atoms with Crippen LogP contribution in [0.25, 0.3) is 0 Å². The maximum atomic E-state index is 11.6. The predicted molar refractivity (Wildman–Crippen MR) is 78.7 cm³/mol. The van der Waals surface area contributed by atoms with Crippen molar-refractivity contribution in [3.8, 4) is 5.75 Å². The first-order valence-corrected chi connectivity index (χ1v) is 6.51. The highest BCUT2D eigenvalue weighted by atomic mass is 16.3. The van der Waals surface area contributed by atoms with E-state index in [0.717, 1.165) is 11.3 Å². The van der Waals surface area contributed by atoms with Crippen LogP contribution in [0.1, 0.15) is 11.3 Å². The number of benzene rings is 1. The number of hydrogen-bond donors (Lipinski definition) is 4. The van der Waals surface area contributed by atoms with Crippen LogP contribution in [0.2, 0.25) is 0 Å². The summed E-state index contributed by atoms with van der Waals surface area (Å²) >= 11 is 0. The number of hydrogen-bond acceptors (Lipinski definition) is 5. The molecule has 21 heavy (non-hydrogen) atoms. The van der Waals surface area contributed by atoms with E-state index in [2.05, 4.69) is 26.4 Å². The van der Waals surface area contributed by atoms with E-state index < -0.39 is 0 Å². The number of hydrazine groups is 1. The molecule has 0 aliphatic heterocycles. The molecule has 0 unspecified atom stereocenters. The molecule has 7 heteroatoms. The Morgan fingerprint density at radius 2 is 2.10 bits per heavy atom. The normalized spacial score (nSPS) is 9.95. The predicted octanol–water partition coefficient (Wildman–Crippen LogP) is 1.36. The maximum Gasteiger partial charge on any atom is 0.333 e. The summed E-state index contributed by atoms with van der Waals surface area (Å²) in [6.45, 7) is 2.29. The Labute approximate surface area is 122 Å². The summed E-state index contributed by atoms with van der Waals surface area (Å²) in [5, 5.41) is 19.7. The number of aryl methyl sites for hydroxylation is 1. The lowest BCUT2D eigenvalue weighted by Crippen LogP contribution is -2.40. The van der Waals surface area contributed by atoms with Gasteiger partial charge in [-0.05, 0) is 43.2 Å². The molecule has 0 saturated carbocycles. The number of anilines is 1. The zero-order valence-electron chi connectivity index (χ0n) is 11.6. The summed E-state index contributed by atoms with van der Waals surface area (Å²) in [6, 6.07) is 10.1. The molecule has 1 heterocycles. The van der Waals surface area contributed by atoms with Crippen LogP contribution >= 0.6 is 0 Å². The van der Waals surface area contributed by atoms with Gasteiger partial charge in [0, 0.05) is 6.54 Å². The number of rotatable bonds is 5. The standard InChI is InChI=1S/C14H17N5O2/c1-10-5-6-13(17-16-10)18-19-14(21)15-8-7-11-3-2-4-12(20)9-11/h2-6,9,20H,7-8H2,1H3,(H,17,18)(H2,15,19,21). The average molecular weight is 287 g/mol. The molecule has 4 N–H and O–H groups in total. The molecule has 0 saturated heterocycles. The van der Waals surface area contributed by atoms with E-state index in [9.17, 15) is 9.90 Å². The number of nitrogens with zero attached hydrogens (tertiary/aromatic N) is 2. The van der Waals surface area contributed by atoms with Gasteiger partial charge in [-0.15, -0.1) is 5.10 Å². The first-order valence-electron chi connectivity index (χ1n) is 6.51. The Hall–Kier alpha value is -2.83. The van der Waals surface area contributed by atoms with Crippen LogP contribution in [0.4, 0.5) is 10.6 Å². The number of aromatic nitrogens is 2. The number of amides is 2. The number of aromatic hydroxyl groups is 1. The van der Waals surface area contributed by atoms with E-state index in [4.69, 9.17) is 0 Å². The van der Waals surface area contributed by atoms with Crippen molar-refractivity contribution >= 4 is 11.8 Å². The van der Waals surface area contributed by atoms with E-state index >= 15 is 0 Å². The van der Waals surface area contributed by atoms with Crippen LogP contribution in [0, 0.1) is 6.92 Å². The second kappa shape index (κ2) is 7.09. The highest BCUT2D eigenvalue weighted by molar-refractivity contribution is 5.75. The molecule has 2 amide bonds. The molecule has 0 fully saturated rings. The number of urea groups is 1. The van der Waals surface area contributed by atoms with Gasteiger partial charge < -0.3 is 10.4 Å². The van der Waals surface area contributed by atoms with Gasteiger partial charge in [-0.3, -0.25) is 10.9 Å². The number of nitrogens with one attached hydrogen (secondary N) is 3. The van der Waals surface area contributed by atoms with Gasteiger partial charge in [0.2, 0.25) is 0 Å². The van der Waals surface area contributed by atoms with Crippen molar-refractivity contribution in [3.05, 3.63) is 47.7 Å². The van der Waals surface area contributed by atoms with Crippen LogP contribution in [-0.4, -0.2) is 27.9 Å². The Morgan fingerprint density at radius 1 is 1.24 bits per heavy atom. The summed E-state index contributed by atoms with van der Waals surface area (Å²) in [7, 11) is 0. The zero-order chi connectivity index (χ0) is 15.1. The fourth-order valence-corrected chi connectivity index (χ4v) is 1.66. The molecule has 110 valence electrons. The van der Waals surface area contributed by atoms with E-state index in [0.29, 0.717) is 18.8 Å². The third-order valence-electron chi connectivity index (χ3n) is 2.71. The first-order chi connectivity index (χ1) is 10.1. The van der Waals surface area contributed by atoms with Crippen LogP contribution in [-0.2, 0) is 6.42 Å². The Morgan fingerprint density at radius 3 is 2.81 bits per heavy atom. The topological polar surface area (TPSA) is 99.2 Å². The van der Waals surface area contributed by atoms with Gasteiger partial charge in [0.05, 0.1) is 5.69 Å². The lowest BCUT2D eigenvalue weighted by atomic mass is 10.1. The monoisotopic (exact) mass is 287 g/mol. The number of phenols is 1. The van der Waals surface area contributed by atoms with Gasteiger partial charge in [0.15, 0.2) is 5.82 Å². The second-order valence-electron chi connectivity index (χ2n) is 4.49. The van der Waals surface area contributed by atoms with Crippen molar-refractivity contribution < 1.29 is 9.90 Å². The molecule has 0 radical (unpaired) electrons. The summed E-state index contributed by atoms with van der Waals surface area (Å²) in [5.41, 5.74) is 6.87. The molecule has 2 rings (SSSR count). The molecule has 0 atom stereocenters. The van der Waals surface area contributed by atoms with Gasteiger partial charge in [-0.1, -0.05) is 12.1 Å². The van der Waals surface area contributed by atoms with Gasteiger partial charge in [-0.2, -0.15) is 5.10 Å². The Bertz CT molecular complexity index is 601. The van der Waals surface area contributed by atoms with Gasteiger partial charge >= 0.3 is 6.03 Å². The molecule has 0 aliphatic rings. The second-order valence-corrected chi connectivity index (χ2v) is 4.49. The fourth-order valence-electron chi connectivity index (χ4n) is 1.66. The largest absolute Gasteiger partial charge is 0.508 e. The third-order valence-corrected chi connectivity index (χ3v) is 2.71. The van der Waals surface area contributed by atoms with E-state index in [1.807, 2.05) is 13.0 Å². The molecule has 7 nitrogen and oxygen atoms in total. The van der Waals surface area contributed by atoms with Gasteiger partial charge in [0.1, 0.15) is 5.75 Å². The van der Waals surface area contributed by atoms with Crippen molar-refractivity contribution in [2.75, 3.05) is 12.0 Å².